The molecule has 1 saturated heterocycles. The summed E-state index contributed by atoms with van der Waals surface area (Å²) in [5.74, 6) is 0.693. The van der Waals surface area contributed by atoms with Crippen LogP contribution in [0.2, 0.25) is 0 Å². The first kappa shape index (κ1) is 11.8. The number of nitrogens with zero attached hydrogens (tertiary/aromatic N) is 2. The SMILES string of the molecule is Brc1ccc(OCCN2CCNCC2)nc1. The average molecular weight is 286 g/mol. The fourth-order valence-electron chi connectivity index (χ4n) is 1.66. The van der Waals surface area contributed by atoms with Crippen molar-refractivity contribution in [2.24, 2.45) is 0 Å². The van der Waals surface area contributed by atoms with Gasteiger partial charge in [-0.05, 0) is 22.0 Å². The standard InChI is InChI=1S/C11H16BrN3O/c12-10-1-2-11(14-9-10)16-8-7-15-5-3-13-4-6-15/h1-2,9,13H,3-8H2. The van der Waals surface area contributed by atoms with Crippen molar-refractivity contribution >= 4 is 15.9 Å². The summed E-state index contributed by atoms with van der Waals surface area (Å²) in [6.07, 6.45) is 1.75. The molecule has 0 saturated carbocycles. The molecule has 1 aromatic rings. The van der Waals surface area contributed by atoms with Crippen LogP contribution in [-0.2, 0) is 0 Å². The van der Waals surface area contributed by atoms with Crippen LogP contribution in [0.5, 0.6) is 5.88 Å². The lowest BCUT2D eigenvalue weighted by atomic mass is 10.4. The van der Waals surface area contributed by atoms with Crippen molar-refractivity contribution in [1.29, 1.82) is 0 Å². The van der Waals surface area contributed by atoms with Gasteiger partial charge < -0.3 is 10.1 Å². The van der Waals surface area contributed by atoms with E-state index in [1.54, 1.807) is 6.20 Å². The van der Waals surface area contributed by atoms with Crippen LogP contribution < -0.4 is 10.1 Å². The Morgan fingerprint density at radius 3 is 2.88 bits per heavy atom. The Kier molecular flexibility index (Phi) is 4.56. The van der Waals surface area contributed by atoms with Crippen LogP contribution >= 0.6 is 15.9 Å². The highest BCUT2D eigenvalue weighted by Gasteiger charge is 2.08. The highest BCUT2D eigenvalue weighted by Crippen LogP contribution is 2.12. The summed E-state index contributed by atoms with van der Waals surface area (Å²) in [5, 5.41) is 3.33. The lowest BCUT2D eigenvalue weighted by Gasteiger charge is -2.26. The van der Waals surface area contributed by atoms with Gasteiger partial charge >= 0.3 is 0 Å². The number of halogens is 1. The topological polar surface area (TPSA) is 37.4 Å². The molecule has 0 bridgehead atoms. The fraction of sp³-hybridized carbons (Fsp3) is 0.545. The van der Waals surface area contributed by atoms with Crippen LogP contribution in [0.15, 0.2) is 22.8 Å². The van der Waals surface area contributed by atoms with Gasteiger partial charge in [0.2, 0.25) is 5.88 Å². The first-order valence-corrected chi connectivity index (χ1v) is 6.31. The van der Waals surface area contributed by atoms with Crippen molar-refractivity contribution in [1.82, 2.24) is 15.2 Å². The van der Waals surface area contributed by atoms with Gasteiger partial charge in [-0.3, -0.25) is 4.90 Å². The van der Waals surface area contributed by atoms with Gasteiger partial charge in [-0.1, -0.05) is 0 Å². The maximum Gasteiger partial charge on any atom is 0.213 e. The number of rotatable bonds is 4. The largest absolute Gasteiger partial charge is 0.476 e. The summed E-state index contributed by atoms with van der Waals surface area (Å²) in [7, 11) is 0. The second-order valence-electron chi connectivity index (χ2n) is 3.75. The summed E-state index contributed by atoms with van der Waals surface area (Å²) >= 11 is 3.34. The first-order valence-electron chi connectivity index (χ1n) is 5.52. The summed E-state index contributed by atoms with van der Waals surface area (Å²) < 4.78 is 6.54. The summed E-state index contributed by atoms with van der Waals surface area (Å²) in [6.45, 7) is 6.05. The van der Waals surface area contributed by atoms with Gasteiger partial charge in [-0.15, -0.1) is 0 Å². The monoisotopic (exact) mass is 285 g/mol. The number of ether oxygens (including phenoxy) is 1. The Labute approximate surface area is 104 Å². The second-order valence-corrected chi connectivity index (χ2v) is 4.67. The first-order chi connectivity index (χ1) is 7.84. The lowest BCUT2D eigenvalue weighted by Crippen LogP contribution is -2.44. The molecule has 4 nitrogen and oxygen atoms in total. The smallest absolute Gasteiger partial charge is 0.213 e. The number of nitrogens with one attached hydrogen (secondary N) is 1. The van der Waals surface area contributed by atoms with E-state index in [0.29, 0.717) is 12.5 Å². The molecule has 0 spiro atoms. The van der Waals surface area contributed by atoms with Gasteiger partial charge in [0.05, 0.1) is 0 Å². The van der Waals surface area contributed by atoms with Gasteiger partial charge in [0, 0.05) is 49.5 Å². The van der Waals surface area contributed by atoms with E-state index >= 15 is 0 Å². The van der Waals surface area contributed by atoms with Crippen LogP contribution in [0.1, 0.15) is 0 Å². The molecule has 0 aliphatic carbocycles. The lowest BCUT2D eigenvalue weighted by molar-refractivity contribution is 0.188. The van der Waals surface area contributed by atoms with Crippen LogP contribution in [-0.4, -0.2) is 49.2 Å². The van der Waals surface area contributed by atoms with Crippen LogP contribution in [0.3, 0.4) is 0 Å². The van der Waals surface area contributed by atoms with Gasteiger partial charge in [0.15, 0.2) is 0 Å². The molecule has 1 fully saturated rings. The minimum atomic E-state index is 0.693. The van der Waals surface area contributed by atoms with E-state index in [-0.39, 0.29) is 0 Å². The molecule has 0 amide bonds. The fourth-order valence-corrected chi connectivity index (χ4v) is 1.90. The number of aromatic nitrogens is 1. The van der Waals surface area contributed by atoms with Gasteiger partial charge in [-0.2, -0.15) is 0 Å². The van der Waals surface area contributed by atoms with Crippen molar-refractivity contribution in [2.45, 2.75) is 0 Å². The zero-order chi connectivity index (χ0) is 11.2. The predicted molar refractivity (Wildman–Crippen MR) is 66.7 cm³/mol. The van der Waals surface area contributed by atoms with E-state index < -0.39 is 0 Å². The molecule has 5 heteroatoms. The number of hydrogen-bond acceptors (Lipinski definition) is 4. The number of pyridine rings is 1. The van der Waals surface area contributed by atoms with E-state index in [1.165, 1.54) is 0 Å². The maximum absolute atomic E-state index is 5.57. The second kappa shape index (κ2) is 6.18. The van der Waals surface area contributed by atoms with Crippen LogP contribution in [0.4, 0.5) is 0 Å². The normalized spacial score (nSPS) is 17.3. The van der Waals surface area contributed by atoms with E-state index in [9.17, 15) is 0 Å². The van der Waals surface area contributed by atoms with Crippen molar-refractivity contribution in [2.75, 3.05) is 39.3 Å². The molecule has 2 heterocycles. The zero-order valence-corrected chi connectivity index (χ0v) is 10.7. The van der Waals surface area contributed by atoms with E-state index in [1.807, 2.05) is 12.1 Å². The minimum absolute atomic E-state index is 0.693. The average Bonchev–Trinajstić information content (AvgIpc) is 2.33. The summed E-state index contributed by atoms with van der Waals surface area (Å²) in [4.78, 5) is 6.56. The highest BCUT2D eigenvalue weighted by atomic mass is 79.9. The quantitative estimate of drug-likeness (QED) is 0.900. The molecule has 0 aromatic carbocycles. The minimum Gasteiger partial charge on any atom is -0.476 e. The molecule has 1 aromatic heterocycles. The van der Waals surface area contributed by atoms with Crippen LogP contribution in [0.25, 0.3) is 0 Å². The molecule has 1 aliphatic heterocycles. The Balaban J connectivity index is 1.69. The third kappa shape index (κ3) is 3.73. The van der Waals surface area contributed by atoms with Crippen molar-refractivity contribution in [3.8, 4) is 5.88 Å². The molecule has 16 heavy (non-hydrogen) atoms. The third-order valence-electron chi connectivity index (χ3n) is 2.57. The van der Waals surface area contributed by atoms with Crippen molar-refractivity contribution in [3.05, 3.63) is 22.8 Å². The molecule has 0 atom stereocenters. The zero-order valence-electron chi connectivity index (χ0n) is 9.16. The Morgan fingerprint density at radius 1 is 1.38 bits per heavy atom. The molecule has 88 valence electrons. The molecule has 1 aliphatic rings. The third-order valence-corrected chi connectivity index (χ3v) is 3.04. The highest BCUT2D eigenvalue weighted by molar-refractivity contribution is 9.10. The van der Waals surface area contributed by atoms with Gasteiger partial charge in [0.25, 0.3) is 0 Å². The Morgan fingerprint density at radius 2 is 2.19 bits per heavy atom. The molecule has 1 N–H and O–H groups in total. The molecule has 2 rings (SSSR count). The predicted octanol–water partition coefficient (Wildman–Crippen LogP) is 1.13. The van der Waals surface area contributed by atoms with Gasteiger partial charge in [0.1, 0.15) is 6.61 Å². The number of piperazine rings is 1. The van der Waals surface area contributed by atoms with Crippen molar-refractivity contribution in [3.63, 3.8) is 0 Å². The summed E-state index contributed by atoms with van der Waals surface area (Å²) in [5.41, 5.74) is 0. The maximum atomic E-state index is 5.57. The Bertz CT molecular complexity index is 312. The number of hydrogen-bond donors (Lipinski definition) is 1. The van der Waals surface area contributed by atoms with Crippen molar-refractivity contribution < 1.29 is 4.74 Å². The molecule has 0 radical (unpaired) electrons. The molecular weight excluding hydrogens is 270 g/mol. The summed E-state index contributed by atoms with van der Waals surface area (Å²) in [6, 6.07) is 3.81. The van der Waals surface area contributed by atoms with Crippen LogP contribution in [0, 0.1) is 0 Å². The molecule has 0 unspecified atom stereocenters. The van der Waals surface area contributed by atoms with E-state index in [2.05, 4.69) is 31.1 Å². The van der Waals surface area contributed by atoms with Gasteiger partial charge in [-0.25, -0.2) is 4.98 Å². The van der Waals surface area contributed by atoms with E-state index in [0.717, 1.165) is 37.2 Å². The van der Waals surface area contributed by atoms with E-state index in [4.69, 9.17) is 4.74 Å². The molecular formula is C11H16BrN3O. The Hall–Kier alpha value is -0.650.